The molecule has 1 aliphatic heterocycles. The maximum Gasteiger partial charge on any atom is 0.326 e. The van der Waals surface area contributed by atoms with Gasteiger partial charge < -0.3 is 25.5 Å². The van der Waals surface area contributed by atoms with Crippen molar-refractivity contribution in [2.45, 2.75) is 24.9 Å². The Kier molecular flexibility index (Phi) is 5.61. The summed E-state index contributed by atoms with van der Waals surface area (Å²) in [6.45, 7) is 0.827. The van der Waals surface area contributed by atoms with Crippen LogP contribution in [-0.4, -0.2) is 57.3 Å². The van der Waals surface area contributed by atoms with Crippen LogP contribution in [0.25, 0.3) is 0 Å². The number of nitrogens with zero attached hydrogens (tertiary/aromatic N) is 1. The highest BCUT2D eigenvalue weighted by Crippen LogP contribution is 2.18. The van der Waals surface area contributed by atoms with Gasteiger partial charge in [-0.3, -0.25) is 4.79 Å². The largest absolute Gasteiger partial charge is 0.508 e. The normalized spacial score (nSPS) is 18.3. The Morgan fingerprint density at radius 3 is 2.15 bits per heavy atom. The number of phenolic OH excluding ortho intramolecular Hbond substituents is 2. The van der Waals surface area contributed by atoms with Gasteiger partial charge in [0.15, 0.2) is 0 Å². The summed E-state index contributed by atoms with van der Waals surface area (Å²) >= 11 is 0. The average Bonchev–Trinajstić information content (AvgIpc) is 2.65. The summed E-state index contributed by atoms with van der Waals surface area (Å²) in [5.74, 6) is -1.04. The van der Waals surface area contributed by atoms with Gasteiger partial charge in [-0.15, -0.1) is 0 Å². The van der Waals surface area contributed by atoms with Gasteiger partial charge in [-0.1, -0.05) is 24.3 Å². The average molecular weight is 370 g/mol. The molecule has 2 aromatic rings. The number of carbonyl (C=O) groups excluding carboxylic acids is 1. The second kappa shape index (κ2) is 8.09. The van der Waals surface area contributed by atoms with Crippen LogP contribution in [0.15, 0.2) is 48.5 Å². The van der Waals surface area contributed by atoms with Crippen LogP contribution in [0.5, 0.6) is 11.5 Å². The van der Waals surface area contributed by atoms with Gasteiger partial charge in [-0.25, -0.2) is 4.79 Å². The van der Waals surface area contributed by atoms with Gasteiger partial charge in [0.25, 0.3) is 0 Å². The number of amides is 1. The number of phenols is 2. The molecule has 4 N–H and O–H groups in total. The Labute approximate surface area is 156 Å². The zero-order chi connectivity index (χ0) is 19.4. The molecule has 1 aliphatic rings. The molecule has 0 saturated carbocycles. The number of carboxylic acids is 1. The Hall–Kier alpha value is -3.06. The molecule has 1 saturated heterocycles. The van der Waals surface area contributed by atoms with Crippen LogP contribution in [0, 0.1) is 0 Å². The zero-order valence-corrected chi connectivity index (χ0v) is 14.7. The van der Waals surface area contributed by atoms with Crippen LogP contribution in [0.1, 0.15) is 11.1 Å². The van der Waals surface area contributed by atoms with Crippen molar-refractivity contribution in [3.8, 4) is 11.5 Å². The van der Waals surface area contributed by atoms with Crippen LogP contribution in [-0.2, 0) is 22.4 Å². The smallest absolute Gasteiger partial charge is 0.326 e. The van der Waals surface area contributed by atoms with E-state index in [1.165, 1.54) is 17.0 Å². The number of benzene rings is 2. The number of piperazine rings is 1. The Morgan fingerprint density at radius 2 is 1.59 bits per heavy atom. The third-order valence-electron chi connectivity index (χ3n) is 4.73. The summed E-state index contributed by atoms with van der Waals surface area (Å²) in [4.78, 5) is 26.1. The maximum atomic E-state index is 12.9. The third kappa shape index (κ3) is 4.57. The third-order valence-corrected chi connectivity index (χ3v) is 4.73. The topological polar surface area (TPSA) is 110 Å². The van der Waals surface area contributed by atoms with Crippen molar-refractivity contribution in [1.29, 1.82) is 0 Å². The number of hydrogen-bond acceptors (Lipinski definition) is 5. The van der Waals surface area contributed by atoms with Gasteiger partial charge in [0, 0.05) is 19.5 Å². The molecule has 27 heavy (non-hydrogen) atoms. The van der Waals surface area contributed by atoms with E-state index in [2.05, 4.69) is 5.32 Å². The van der Waals surface area contributed by atoms with Crippen LogP contribution in [0.2, 0.25) is 0 Å². The number of nitrogens with one attached hydrogen (secondary N) is 1. The summed E-state index contributed by atoms with van der Waals surface area (Å²) in [5.41, 5.74) is 1.62. The predicted octanol–water partition coefficient (Wildman–Crippen LogP) is 1.14. The first-order chi connectivity index (χ1) is 12.9. The molecule has 7 nitrogen and oxygen atoms in total. The summed E-state index contributed by atoms with van der Waals surface area (Å²) in [6.07, 6.45) is 0.592. The molecule has 0 aliphatic carbocycles. The van der Waals surface area contributed by atoms with Crippen molar-refractivity contribution in [3.63, 3.8) is 0 Å². The number of hydrogen-bond donors (Lipinski definition) is 4. The molecular weight excluding hydrogens is 348 g/mol. The first kappa shape index (κ1) is 18.7. The minimum atomic E-state index is -1.05. The van der Waals surface area contributed by atoms with Crippen molar-refractivity contribution >= 4 is 11.9 Å². The monoisotopic (exact) mass is 370 g/mol. The standard InChI is InChI=1S/C20H22N2O5/c23-15-5-1-13(2-6-15)11-17-19(25)22(10-9-21-17)18(20(26)27)12-14-3-7-16(24)8-4-14/h1-8,17-18,21,23-24H,9-12H2,(H,26,27)/t17-,18-/m1/s1. The molecule has 1 heterocycles. The summed E-state index contributed by atoms with van der Waals surface area (Å²) in [6, 6.07) is 11.5. The van der Waals surface area contributed by atoms with E-state index in [9.17, 15) is 24.9 Å². The fraction of sp³-hybridized carbons (Fsp3) is 0.300. The van der Waals surface area contributed by atoms with E-state index in [-0.39, 0.29) is 23.8 Å². The number of carboxylic acid groups (broad SMARTS) is 1. The maximum absolute atomic E-state index is 12.9. The van der Waals surface area contributed by atoms with Crippen molar-refractivity contribution in [2.24, 2.45) is 0 Å². The van der Waals surface area contributed by atoms with Gasteiger partial charge in [0.05, 0.1) is 6.04 Å². The highest BCUT2D eigenvalue weighted by molar-refractivity contribution is 5.88. The second-order valence-corrected chi connectivity index (χ2v) is 6.63. The Balaban J connectivity index is 1.74. The van der Waals surface area contributed by atoms with Crippen LogP contribution in [0.3, 0.4) is 0 Å². The molecule has 1 fully saturated rings. The molecule has 0 bridgehead atoms. The number of aromatic hydroxyl groups is 2. The van der Waals surface area contributed by atoms with E-state index >= 15 is 0 Å². The van der Waals surface area contributed by atoms with E-state index in [4.69, 9.17) is 0 Å². The molecule has 0 spiro atoms. The molecule has 2 atom stereocenters. The number of aliphatic carboxylic acids is 1. The summed E-state index contributed by atoms with van der Waals surface area (Å²) in [5, 5.41) is 31.6. The van der Waals surface area contributed by atoms with Crippen LogP contribution >= 0.6 is 0 Å². The molecule has 0 aromatic heterocycles. The van der Waals surface area contributed by atoms with Crippen molar-refractivity contribution in [2.75, 3.05) is 13.1 Å². The fourth-order valence-corrected chi connectivity index (χ4v) is 3.28. The van der Waals surface area contributed by atoms with Gasteiger partial charge in [0.2, 0.25) is 5.91 Å². The van der Waals surface area contributed by atoms with Crippen molar-refractivity contribution in [3.05, 3.63) is 59.7 Å². The second-order valence-electron chi connectivity index (χ2n) is 6.63. The molecule has 142 valence electrons. The van der Waals surface area contributed by atoms with E-state index < -0.39 is 18.1 Å². The molecule has 0 radical (unpaired) electrons. The molecule has 3 rings (SSSR count). The van der Waals surface area contributed by atoms with Crippen molar-refractivity contribution in [1.82, 2.24) is 10.2 Å². The van der Waals surface area contributed by atoms with Crippen LogP contribution < -0.4 is 5.32 Å². The van der Waals surface area contributed by atoms with Crippen molar-refractivity contribution < 1.29 is 24.9 Å². The molecule has 0 unspecified atom stereocenters. The first-order valence-electron chi connectivity index (χ1n) is 8.76. The minimum Gasteiger partial charge on any atom is -0.508 e. The number of rotatable bonds is 6. The highest BCUT2D eigenvalue weighted by atomic mass is 16.4. The quantitative estimate of drug-likeness (QED) is 0.607. The lowest BCUT2D eigenvalue weighted by atomic mass is 9.99. The lowest BCUT2D eigenvalue weighted by Gasteiger charge is -2.37. The van der Waals surface area contributed by atoms with E-state index in [1.54, 1.807) is 36.4 Å². The Morgan fingerprint density at radius 1 is 1.04 bits per heavy atom. The van der Waals surface area contributed by atoms with Gasteiger partial charge in [-0.05, 0) is 41.8 Å². The lowest BCUT2D eigenvalue weighted by Crippen LogP contribution is -2.60. The van der Waals surface area contributed by atoms with Gasteiger partial charge in [0.1, 0.15) is 17.5 Å². The predicted molar refractivity (Wildman–Crippen MR) is 98.5 cm³/mol. The van der Waals surface area contributed by atoms with E-state index in [1.807, 2.05) is 0 Å². The highest BCUT2D eigenvalue weighted by Gasteiger charge is 2.36. The zero-order valence-electron chi connectivity index (χ0n) is 14.7. The van der Waals surface area contributed by atoms with E-state index in [0.717, 1.165) is 11.1 Å². The molecule has 2 aromatic carbocycles. The summed E-state index contributed by atoms with van der Waals surface area (Å²) < 4.78 is 0. The summed E-state index contributed by atoms with van der Waals surface area (Å²) in [7, 11) is 0. The lowest BCUT2D eigenvalue weighted by molar-refractivity contribution is -0.152. The molecule has 1 amide bonds. The molecular formula is C20H22N2O5. The minimum absolute atomic E-state index is 0.109. The Bertz CT molecular complexity index is 804. The molecule has 7 heteroatoms. The first-order valence-corrected chi connectivity index (χ1v) is 8.76. The van der Waals surface area contributed by atoms with Gasteiger partial charge in [-0.2, -0.15) is 0 Å². The SMILES string of the molecule is O=C(O)[C@@H](Cc1ccc(O)cc1)N1CCN[C@H](Cc2ccc(O)cc2)C1=O. The van der Waals surface area contributed by atoms with Gasteiger partial charge >= 0.3 is 5.97 Å². The fourth-order valence-electron chi connectivity index (χ4n) is 3.28. The van der Waals surface area contributed by atoms with E-state index in [0.29, 0.717) is 19.5 Å². The number of carbonyl (C=O) groups is 2. The van der Waals surface area contributed by atoms with Crippen LogP contribution in [0.4, 0.5) is 0 Å².